The second-order valence-electron chi connectivity index (χ2n) is 6.31. The zero-order chi connectivity index (χ0) is 22.4. The molecule has 0 saturated heterocycles. The molecular formula is C20H19BrN6O3S. The largest absolute Gasteiger partial charge is 0.497 e. The van der Waals surface area contributed by atoms with Crippen LogP contribution < -0.4 is 26.6 Å². The molecule has 3 aromatic rings. The van der Waals surface area contributed by atoms with E-state index in [-0.39, 0.29) is 17.2 Å². The molecule has 0 atom stereocenters. The first-order chi connectivity index (χ1) is 14.9. The zero-order valence-electron chi connectivity index (χ0n) is 16.7. The highest BCUT2D eigenvalue weighted by Gasteiger charge is 2.11. The second kappa shape index (κ2) is 10.2. The number of hydrazine groups is 1. The van der Waals surface area contributed by atoms with Gasteiger partial charge in [0.2, 0.25) is 5.11 Å². The Labute approximate surface area is 191 Å². The van der Waals surface area contributed by atoms with Crippen LogP contribution in [0.2, 0.25) is 0 Å². The number of hydrogen-bond donors (Lipinski definition) is 3. The maximum absolute atomic E-state index is 12.7. The lowest BCUT2D eigenvalue weighted by Crippen LogP contribution is -2.44. The van der Waals surface area contributed by atoms with E-state index >= 15 is 0 Å². The number of nitrogens with zero attached hydrogens (tertiary/aromatic N) is 3. The van der Waals surface area contributed by atoms with Gasteiger partial charge >= 0.3 is 0 Å². The predicted molar refractivity (Wildman–Crippen MR) is 127 cm³/mol. The van der Waals surface area contributed by atoms with E-state index in [2.05, 4.69) is 42.2 Å². The Bertz CT molecular complexity index is 1210. The average molecular weight is 503 g/mol. The molecule has 9 nitrogen and oxygen atoms in total. The molecule has 0 saturated carbocycles. The number of amides is 1. The van der Waals surface area contributed by atoms with Gasteiger partial charge in [-0.25, -0.2) is 20.1 Å². The molecule has 11 heteroatoms. The summed E-state index contributed by atoms with van der Waals surface area (Å²) in [5, 5.41) is 0.537. The lowest BCUT2D eigenvalue weighted by molar-refractivity contribution is -0.116. The molecule has 160 valence electrons. The molecule has 1 aromatic heterocycles. The number of methoxy groups -OCH3 is 1. The first kappa shape index (κ1) is 22.5. The molecule has 0 bridgehead atoms. The minimum Gasteiger partial charge on any atom is -0.497 e. The summed E-state index contributed by atoms with van der Waals surface area (Å²) in [5.74, 6) is 0.644. The molecule has 0 aliphatic heterocycles. The van der Waals surface area contributed by atoms with Crippen LogP contribution >= 0.6 is 28.1 Å². The van der Waals surface area contributed by atoms with Crippen molar-refractivity contribution in [3.05, 3.63) is 68.7 Å². The van der Waals surface area contributed by atoms with Crippen molar-refractivity contribution in [3.63, 3.8) is 0 Å². The number of aliphatic imine (C=N–C) groups is 1. The molecule has 0 aliphatic carbocycles. The summed E-state index contributed by atoms with van der Waals surface area (Å²) in [4.78, 5) is 33.4. The number of aromatic nitrogens is 2. The van der Waals surface area contributed by atoms with Gasteiger partial charge in [-0.15, -0.1) is 0 Å². The van der Waals surface area contributed by atoms with Crippen molar-refractivity contribution in [2.75, 3.05) is 19.1 Å². The van der Waals surface area contributed by atoms with E-state index in [1.165, 1.54) is 0 Å². The van der Waals surface area contributed by atoms with Crippen LogP contribution in [-0.2, 0) is 4.79 Å². The van der Waals surface area contributed by atoms with Crippen LogP contribution in [0, 0.1) is 6.92 Å². The van der Waals surface area contributed by atoms with Crippen LogP contribution in [0.5, 0.6) is 5.75 Å². The number of benzene rings is 2. The fourth-order valence-electron chi connectivity index (χ4n) is 2.62. The number of aryl methyl sites for hydroxylation is 1. The lowest BCUT2D eigenvalue weighted by Gasteiger charge is -2.13. The van der Waals surface area contributed by atoms with Gasteiger partial charge in [0.05, 0.1) is 24.6 Å². The van der Waals surface area contributed by atoms with Crippen LogP contribution in [0.4, 0.5) is 0 Å². The molecule has 2 aromatic carbocycles. The van der Waals surface area contributed by atoms with Crippen LogP contribution in [0.15, 0.2) is 56.7 Å². The Morgan fingerprint density at radius 3 is 2.74 bits per heavy atom. The highest BCUT2D eigenvalue weighted by atomic mass is 79.9. The molecule has 0 radical (unpaired) electrons. The molecule has 1 amide bonds. The Morgan fingerprint density at radius 2 is 2.03 bits per heavy atom. The molecule has 0 unspecified atom stereocenters. The highest BCUT2D eigenvalue weighted by Crippen LogP contribution is 2.15. The highest BCUT2D eigenvalue weighted by molar-refractivity contribution is 9.10. The molecular weight excluding hydrogens is 484 g/mol. The first-order valence-electron chi connectivity index (χ1n) is 9.07. The maximum atomic E-state index is 12.7. The lowest BCUT2D eigenvalue weighted by atomic mass is 10.2. The third-order valence-electron chi connectivity index (χ3n) is 4.13. The molecule has 0 fully saturated rings. The van der Waals surface area contributed by atoms with E-state index in [1.807, 2.05) is 24.3 Å². The van der Waals surface area contributed by atoms with Crippen molar-refractivity contribution in [3.8, 4) is 5.75 Å². The van der Waals surface area contributed by atoms with Gasteiger partial charge in [-0.3, -0.25) is 20.4 Å². The first-order valence-corrected chi connectivity index (χ1v) is 10.3. The molecule has 0 spiro atoms. The van der Waals surface area contributed by atoms with Crippen molar-refractivity contribution < 1.29 is 9.53 Å². The summed E-state index contributed by atoms with van der Waals surface area (Å²) < 4.78 is 6.95. The summed E-state index contributed by atoms with van der Waals surface area (Å²) in [7, 11) is 1.59. The molecule has 3 N–H and O–H groups in total. The standard InChI is InChI=1S/C20H19BrN6O3S/c1-12-24-17-8-5-14(21)9-16(17)19(29)27(12)26-18(28)11-23-25-20(31)22-10-13-3-6-15(30-2)7-4-13/h3-10,23H,11H2,1-2H3,(H,25,31)(H,26,28)/b22-10+. The smallest absolute Gasteiger partial charge is 0.280 e. The summed E-state index contributed by atoms with van der Waals surface area (Å²) >= 11 is 8.42. The van der Waals surface area contributed by atoms with Crippen molar-refractivity contribution in [2.24, 2.45) is 4.99 Å². The summed E-state index contributed by atoms with van der Waals surface area (Å²) in [6.45, 7) is 1.48. The predicted octanol–water partition coefficient (Wildman–Crippen LogP) is 2.04. The minimum absolute atomic E-state index is 0.147. The van der Waals surface area contributed by atoms with Gasteiger partial charge in [-0.1, -0.05) is 15.9 Å². The van der Waals surface area contributed by atoms with Gasteiger partial charge in [0, 0.05) is 10.7 Å². The average Bonchev–Trinajstić information content (AvgIpc) is 2.76. The quantitative estimate of drug-likeness (QED) is 0.268. The zero-order valence-corrected chi connectivity index (χ0v) is 19.1. The van der Waals surface area contributed by atoms with Crippen LogP contribution in [0.1, 0.15) is 11.4 Å². The fraction of sp³-hybridized carbons (Fsp3) is 0.150. The summed E-state index contributed by atoms with van der Waals surface area (Å²) in [5.41, 5.74) is 8.86. The number of ether oxygens (including phenoxy) is 1. The van der Waals surface area contributed by atoms with E-state index in [0.29, 0.717) is 16.7 Å². The Hall–Kier alpha value is -3.15. The van der Waals surface area contributed by atoms with Gasteiger partial charge < -0.3 is 4.74 Å². The van der Waals surface area contributed by atoms with Crippen molar-refractivity contribution >= 4 is 56.3 Å². The SMILES string of the molecule is COc1ccc(/C=N/C(=S)NNCC(=O)Nn2c(C)nc3ccc(Br)cc3c2=O)cc1. The number of carbonyl (C=O) groups is 1. The van der Waals surface area contributed by atoms with Crippen LogP contribution in [0.25, 0.3) is 10.9 Å². The number of rotatable bonds is 6. The third kappa shape index (κ3) is 5.94. The summed E-state index contributed by atoms with van der Waals surface area (Å²) in [6.07, 6.45) is 1.58. The molecule has 0 aliphatic rings. The Kier molecular flexibility index (Phi) is 7.45. The second-order valence-corrected chi connectivity index (χ2v) is 7.61. The van der Waals surface area contributed by atoms with Gasteiger partial charge in [-0.2, -0.15) is 0 Å². The van der Waals surface area contributed by atoms with Gasteiger partial charge in [0.15, 0.2) is 0 Å². The van der Waals surface area contributed by atoms with E-state index < -0.39 is 5.91 Å². The van der Waals surface area contributed by atoms with Gasteiger partial charge in [0.1, 0.15) is 11.6 Å². The Morgan fingerprint density at radius 1 is 1.29 bits per heavy atom. The van der Waals surface area contributed by atoms with E-state index in [4.69, 9.17) is 17.0 Å². The van der Waals surface area contributed by atoms with Gasteiger partial charge in [0.25, 0.3) is 11.5 Å². The number of hydrogen-bond acceptors (Lipinski definition) is 6. The van der Waals surface area contributed by atoms with Crippen molar-refractivity contribution in [1.82, 2.24) is 20.5 Å². The third-order valence-corrected chi connectivity index (χ3v) is 4.83. The molecule has 3 rings (SSSR count). The molecule has 1 heterocycles. The minimum atomic E-state index is -0.462. The normalized spacial score (nSPS) is 10.9. The van der Waals surface area contributed by atoms with E-state index in [0.717, 1.165) is 20.5 Å². The number of fused-ring (bicyclic) bond motifs is 1. The topological polar surface area (TPSA) is 110 Å². The fourth-order valence-corrected chi connectivity index (χ4v) is 3.11. The number of carbonyl (C=O) groups excluding carboxylic acids is 1. The van der Waals surface area contributed by atoms with Crippen LogP contribution in [-0.4, -0.2) is 40.5 Å². The van der Waals surface area contributed by atoms with E-state index in [9.17, 15) is 9.59 Å². The monoisotopic (exact) mass is 502 g/mol. The maximum Gasteiger partial charge on any atom is 0.280 e. The Balaban J connectivity index is 1.55. The molecule has 31 heavy (non-hydrogen) atoms. The van der Waals surface area contributed by atoms with Gasteiger partial charge in [-0.05, 0) is 67.2 Å². The number of thiocarbonyl (C=S) groups is 1. The summed E-state index contributed by atoms with van der Waals surface area (Å²) in [6, 6.07) is 12.5. The van der Waals surface area contributed by atoms with Crippen LogP contribution in [0.3, 0.4) is 0 Å². The van der Waals surface area contributed by atoms with Crippen molar-refractivity contribution in [2.45, 2.75) is 6.92 Å². The van der Waals surface area contributed by atoms with Crippen molar-refractivity contribution in [1.29, 1.82) is 0 Å². The van der Waals surface area contributed by atoms with E-state index in [1.54, 1.807) is 38.4 Å². The number of nitrogens with one attached hydrogen (secondary N) is 3. The number of halogens is 1.